The van der Waals surface area contributed by atoms with Crippen molar-refractivity contribution in [3.8, 4) is 0 Å². The van der Waals surface area contributed by atoms with E-state index in [1.807, 2.05) is 0 Å². The van der Waals surface area contributed by atoms with Gasteiger partial charge in [0, 0.05) is 32.6 Å². The third-order valence-electron chi connectivity index (χ3n) is 3.13. The average Bonchev–Trinajstić information content (AvgIpc) is 2.42. The Morgan fingerprint density at radius 1 is 1.26 bits per heavy atom. The van der Waals surface area contributed by atoms with Crippen molar-refractivity contribution in [1.29, 1.82) is 0 Å². The van der Waals surface area contributed by atoms with Crippen molar-refractivity contribution in [3.05, 3.63) is 35.6 Å². The first-order valence-electron chi connectivity index (χ1n) is 6.57. The van der Waals surface area contributed by atoms with Gasteiger partial charge in [-0.1, -0.05) is 12.1 Å². The molecule has 0 saturated carbocycles. The number of esters is 1. The van der Waals surface area contributed by atoms with Gasteiger partial charge in [0.05, 0.1) is 13.2 Å². The van der Waals surface area contributed by atoms with Crippen molar-refractivity contribution in [2.24, 2.45) is 0 Å². The highest BCUT2D eigenvalue weighted by molar-refractivity contribution is 5.71. The number of benzene rings is 1. The average molecular weight is 266 g/mol. The Kier molecular flexibility index (Phi) is 5.30. The van der Waals surface area contributed by atoms with Crippen molar-refractivity contribution < 1.29 is 13.9 Å². The second kappa shape index (κ2) is 7.21. The normalized spacial score (nSPS) is 16.3. The Hall–Kier alpha value is -1.46. The summed E-state index contributed by atoms with van der Waals surface area (Å²) in [5.41, 5.74) is 0.969. The highest BCUT2D eigenvalue weighted by Gasteiger charge is 2.14. The number of nitrogens with one attached hydrogen (secondary N) is 1. The quantitative estimate of drug-likeness (QED) is 0.801. The molecule has 0 aromatic heterocycles. The number of halogens is 1. The van der Waals surface area contributed by atoms with Crippen LogP contribution in [-0.4, -0.2) is 50.2 Å². The minimum absolute atomic E-state index is 0.191. The molecule has 19 heavy (non-hydrogen) atoms. The lowest BCUT2D eigenvalue weighted by atomic mass is 10.2. The molecule has 2 rings (SSSR count). The van der Waals surface area contributed by atoms with Gasteiger partial charge >= 0.3 is 5.97 Å². The van der Waals surface area contributed by atoms with Crippen molar-refractivity contribution in [3.63, 3.8) is 0 Å². The van der Waals surface area contributed by atoms with Crippen molar-refractivity contribution in [2.45, 2.75) is 6.42 Å². The van der Waals surface area contributed by atoms with Crippen LogP contribution < -0.4 is 5.32 Å². The summed E-state index contributed by atoms with van der Waals surface area (Å²) < 4.78 is 17.9. The van der Waals surface area contributed by atoms with Crippen LogP contribution in [0.2, 0.25) is 0 Å². The third-order valence-corrected chi connectivity index (χ3v) is 3.13. The monoisotopic (exact) mass is 266 g/mol. The van der Waals surface area contributed by atoms with Crippen molar-refractivity contribution in [1.82, 2.24) is 10.2 Å². The zero-order chi connectivity index (χ0) is 13.5. The number of carbonyl (C=O) groups excluding carboxylic acids is 1. The molecule has 1 N–H and O–H groups in total. The van der Waals surface area contributed by atoms with E-state index in [1.54, 1.807) is 12.1 Å². The number of piperazine rings is 1. The van der Waals surface area contributed by atoms with Gasteiger partial charge in [0.15, 0.2) is 0 Å². The van der Waals surface area contributed by atoms with Crippen LogP contribution in [0.1, 0.15) is 5.56 Å². The van der Waals surface area contributed by atoms with Gasteiger partial charge in [-0.2, -0.15) is 0 Å². The van der Waals surface area contributed by atoms with E-state index in [4.69, 9.17) is 4.74 Å². The number of carbonyl (C=O) groups is 1. The zero-order valence-corrected chi connectivity index (χ0v) is 10.9. The SMILES string of the molecule is O=C(CN1CCNCC1)OCCc1ccc(F)cc1. The smallest absolute Gasteiger partial charge is 0.320 e. The van der Waals surface area contributed by atoms with Gasteiger partial charge in [-0.05, 0) is 17.7 Å². The van der Waals surface area contributed by atoms with Crippen LogP contribution in [0.4, 0.5) is 4.39 Å². The van der Waals surface area contributed by atoms with Crippen LogP contribution in [0, 0.1) is 5.82 Å². The van der Waals surface area contributed by atoms with Gasteiger partial charge in [-0.15, -0.1) is 0 Å². The summed E-state index contributed by atoms with van der Waals surface area (Å²) in [6.07, 6.45) is 0.619. The number of hydrogen-bond acceptors (Lipinski definition) is 4. The summed E-state index contributed by atoms with van der Waals surface area (Å²) >= 11 is 0. The molecule has 1 fully saturated rings. The second-order valence-corrected chi connectivity index (χ2v) is 4.62. The van der Waals surface area contributed by atoms with Gasteiger partial charge in [0.25, 0.3) is 0 Å². The number of nitrogens with zero attached hydrogens (tertiary/aromatic N) is 1. The molecule has 0 atom stereocenters. The van der Waals surface area contributed by atoms with Crippen LogP contribution in [-0.2, 0) is 16.0 Å². The molecule has 1 heterocycles. The molecule has 0 amide bonds. The Balaban J connectivity index is 1.64. The van der Waals surface area contributed by atoms with Crippen molar-refractivity contribution >= 4 is 5.97 Å². The standard InChI is InChI=1S/C14H19FN2O2/c15-13-3-1-12(2-4-13)5-10-19-14(18)11-17-8-6-16-7-9-17/h1-4,16H,5-11H2. The Labute approximate surface area is 112 Å². The Morgan fingerprint density at radius 2 is 1.95 bits per heavy atom. The number of ether oxygens (including phenoxy) is 1. The van der Waals surface area contributed by atoms with E-state index in [2.05, 4.69) is 10.2 Å². The van der Waals surface area contributed by atoms with E-state index in [0.29, 0.717) is 19.6 Å². The number of rotatable bonds is 5. The summed E-state index contributed by atoms with van der Waals surface area (Å²) in [4.78, 5) is 13.7. The third kappa shape index (κ3) is 4.96. The molecule has 4 nitrogen and oxygen atoms in total. The predicted octanol–water partition coefficient (Wildman–Crippen LogP) is 0.817. The zero-order valence-electron chi connectivity index (χ0n) is 10.9. The fourth-order valence-electron chi connectivity index (χ4n) is 2.03. The maximum atomic E-state index is 12.7. The minimum Gasteiger partial charge on any atom is -0.464 e. The van der Waals surface area contributed by atoms with Crippen LogP contribution in [0.5, 0.6) is 0 Å². The Bertz CT molecular complexity index is 402. The maximum absolute atomic E-state index is 12.7. The molecular weight excluding hydrogens is 247 g/mol. The predicted molar refractivity (Wildman–Crippen MR) is 70.4 cm³/mol. The van der Waals surface area contributed by atoms with Gasteiger partial charge < -0.3 is 10.1 Å². The van der Waals surface area contributed by atoms with Crippen LogP contribution in [0.3, 0.4) is 0 Å². The first-order valence-corrected chi connectivity index (χ1v) is 6.57. The molecule has 1 aliphatic rings. The highest BCUT2D eigenvalue weighted by Crippen LogP contribution is 2.03. The van der Waals surface area contributed by atoms with Gasteiger partial charge in [-0.25, -0.2) is 4.39 Å². The van der Waals surface area contributed by atoms with Gasteiger partial charge in [0.1, 0.15) is 5.82 Å². The second-order valence-electron chi connectivity index (χ2n) is 4.62. The van der Waals surface area contributed by atoms with Crippen LogP contribution in [0.15, 0.2) is 24.3 Å². The molecule has 5 heteroatoms. The fourth-order valence-corrected chi connectivity index (χ4v) is 2.03. The summed E-state index contributed by atoms with van der Waals surface area (Å²) in [6, 6.07) is 6.24. The molecule has 0 spiro atoms. The first kappa shape index (κ1) is 14.0. The van der Waals surface area contributed by atoms with E-state index >= 15 is 0 Å². The molecule has 1 aliphatic heterocycles. The van der Waals surface area contributed by atoms with Crippen molar-refractivity contribution in [2.75, 3.05) is 39.3 Å². The van der Waals surface area contributed by atoms with Crippen LogP contribution in [0.25, 0.3) is 0 Å². The van der Waals surface area contributed by atoms with E-state index < -0.39 is 0 Å². The summed E-state index contributed by atoms with van der Waals surface area (Å²) in [6.45, 7) is 4.30. The Morgan fingerprint density at radius 3 is 2.63 bits per heavy atom. The molecule has 1 aromatic rings. The largest absolute Gasteiger partial charge is 0.464 e. The maximum Gasteiger partial charge on any atom is 0.320 e. The topological polar surface area (TPSA) is 41.6 Å². The van der Waals surface area contributed by atoms with Gasteiger partial charge in [-0.3, -0.25) is 9.69 Å². The summed E-state index contributed by atoms with van der Waals surface area (Å²) in [5.74, 6) is -0.441. The first-order chi connectivity index (χ1) is 9.24. The molecular formula is C14H19FN2O2. The molecule has 0 unspecified atom stereocenters. The summed E-state index contributed by atoms with van der Waals surface area (Å²) in [5, 5.41) is 3.23. The molecule has 0 bridgehead atoms. The number of hydrogen-bond donors (Lipinski definition) is 1. The molecule has 104 valence electrons. The lowest BCUT2D eigenvalue weighted by Gasteiger charge is -2.25. The molecule has 1 aromatic carbocycles. The lowest BCUT2D eigenvalue weighted by molar-refractivity contribution is -0.145. The van der Waals surface area contributed by atoms with Gasteiger partial charge in [0.2, 0.25) is 0 Å². The molecule has 1 saturated heterocycles. The van der Waals surface area contributed by atoms with E-state index in [0.717, 1.165) is 31.7 Å². The minimum atomic E-state index is -0.251. The molecule has 0 aliphatic carbocycles. The van der Waals surface area contributed by atoms with E-state index in [9.17, 15) is 9.18 Å². The fraction of sp³-hybridized carbons (Fsp3) is 0.500. The molecule has 0 radical (unpaired) electrons. The van der Waals surface area contributed by atoms with E-state index in [1.165, 1.54) is 12.1 Å². The van der Waals surface area contributed by atoms with E-state index in [-0.39, 0.29) is 11.8 Å². The lowest BCUT2D eigenvalue weighted by Crippen LogP contribution is -2.45. The summed E-state index contributed by atoms with van der Waals surface area (Å²) in [7, 11) is 0. The highest BCUT2D eigenvalue weighted by atomic mass is 19.1. The van der Waals surface area contributed by atoms with Crippen LogP contribution >= 0.6 is 0 Å².